The maximum atomic E-state index is 6.45. The summed E-state index contributed by atoms with van der Waals surface area (Å²) in [6, 6.07) is 0.569. The molecule has 1 N–H and O–H groups in total. The lowest BCUT2D eigenvalue weighted by molar-refractivity contribution is 0.0833. The maximum Gasteiger partial charge on any atom is 0.0860 e. The van der Waals surface area contributed by atoms with Crippen LogP contribution in [0.3, 0.4) is 0 Å². The Labute approximate surface area is 127 Å². The van der Waals surface area contributed by atoms with E-state index in [9.17, 15) is 0 Å². The highest BCUT2D eigenvalue weighted by atomic mass is 35.5. The maximum absolute atomic E-state index is 6.45. The molecule has 1 atom stereocenters. The molecule has 1 fully saturated rings. The molecule has 1 unspecified atom stereocenters. The van der Waals surface area contributed by atoms with Gasteiger partial charge in [0.2, 0.25) is 0 Å². The smallest absolute Gasteiger partial charge is 0.0860 e. The van der Waals surface area contributed by atoms with E-state index in [1.807, 2.05) is 11.6 Å². The van der Waals surface area contributed by atoms with Gasteiger partial charge < -0.3 is 5.32 Å². The summed E-state index contributed by atoms with van der Waals surface area (Å²) in [5, 5.41) is 8.98. The average Bonchev–Trinajstić information content (AvgIpc) is 2.66. The third kappa shape index (κ3) is 3.18. The molecule has 4 nitrogen and oxygen atoms in total. The van der Waals surface area contributed by atoms with Crippen molar-refractivity contribution in [3.05, 3.63) is 16.4 Å². The van der Waals surface area contributed by atoms with E-state index in [2.05, 4.69) is 43.0 Å². The number of hydrogen-bond donors (Lipinski definition) is 1. The Morgan fingerprint density at radius 3 is 2.70 bits per heavy atom. The minimum atomic E-state index is 0.157. The van der Waals surface area contributed by atoms with Crippen molar-refractivity contribution in [3.63, 3.8) is 0 Å². The van der Waals surface area contributed by atoms with E-state index in [1.165, 1.54) is 0 Å². The van der Waals surface area contributed by atoms with Crippen LogP contribution in [0.1, 0.15) is 45.5 Å². The van der Waals surface area contributed by atoms with Gasteiger partial charge in [-0.05, 0) is 34.1 Å². The summed E-state index contributed by atoms with van der Waals surface area (Å²) < 4.78 is 2.04. The van der Waals surface area contributed by atoms with Crippen LogP contribution in [0.4, 0.5) is 0 Å². The third-order valence-electron chi connectivity index (χ3n) is 4.21. The van der Waals surface area contributed by atoms with Crippen LogP contribution in [0.5, 0.6) is 0 Å². The fraction of sp³-hybridized carbons (Fsp3) is 0.800. The van der Waals surface area contributed by atoms with Gasteiger partial charge in [0.25, 0.3) is 0 Å². The highest BCUT2D eigenvalue weighted by molar-refractivity contribution is 6.31. The standard InChI is InChI=1S/C15H27ClN4/c1-6-12-8-17-15(4,5)10-19(12)9-13-14(16)11(3)18-20(13)7-2/h12,17H,6-10H2,1-5H3. The lowest BCUT2D eigenvalue weighted by Gasteiger charge is -2.44. The molecule has 1 aliphatic heterocycles. The Morgan fingerprint density at radius 1 is 1.40 bits per heavy atom. The molecule has 0 bridgehead atoms. The molecule has 2 rings (SSSR count). The molecule has 1 saturated heterocycles. The summed E-state index contributed by atoms with van der Waals surface area (Å²) in [6.45, 7) is 14.7. The SMILES string of the molecule is CCC1CNC(C)(C)CN1Cc1c(Cl)c(C)nn1CC. The first-order chi connectivity index (χ1) is 9.38. The second-order valence-electron chi connectivity index (χ2n) is 6.39. The highest BCUT2D eigenvalue weighted by Crippen LogP contribution is 2.25. The molecular weight excluding hydrogens is 272 g/mol. The topological polar surface area (TPSA) is 33.1 Å². The van der Waals surface area contributed by atoms with E-state index in [1.54, 1.807) is 0 Å². The van der Waals surface area contributed by atoms with E-state index in [0.717, 1.165) is 49.0 Å². The van der Waals surface area contributed by atoms with Crippen molar-refractivity contribution in [2.45, 2.75) is 65.7 Å². The zero-order valence-corrected chi connectivity index (χ0v) is 14.1. The van der Waals surface area contributed by atoms with Crippen molar-refractivity contribution in [3.8, 4) is 0 Å². The van der Waals surface area contributed by atoms with Gasteiger partial charge in [0, 0.05) is 37.8 Å². The first-order valence-electron chi connectivity index (χ1n) is 7.58. The fourth-order valence-corrected chi connectivity index (χ4v) is 3.21. The quantitative estimate of drug-likeness (QED) is 0.928. The normalized spacial score (nSPS) is 23.2. The second-order valence-corrected chi connectivity index (χ2v) is 6.77. The lowest BCUT2D eigenvalue weighted by Crippen LogP contribution is -2.61. The molecule has 20 heavy (non-hydrogen) atoms. The van der Waals surface area contributed by atoms with Gasteiger partial charge in [-0.1, -0.05) is 18.5 Å². The van der Waals surface area contributed by atoms with Gasteiger partial charge in [-0.15, -0.1) is 0 Å². The molecular formula is C15H27ClN4. The van der Waals surface area contributed by atoms with E-state index in [0.29, 0.717) is 6.04 Å². The predicted octanol–water partition coefficient (Wildman–Crippen LogP) is 2.83. The number of aryl methyl sites for hydroxylation is 2. The van der Waals surface area contributed by atoms with Gasteiger partial charge in [0.1, 0.15) is 0 Å². The largest absolute Gasteiger partial charge is 0.309 e. The van der Waals surface area contributed by atoms with Crippen LogP contribution in [0.2, 0.25) is 5.02 Å². The first kappa shape index (κ1) is 15.8. The third-order valence-corrected chi connectivity index (χ3v) is 4.70. The molecule has 1 aromatic rings. The van der Waals surface area contributed by atoms with E-state index < -0.39 is 0 Å². The number of nitrogens with one attached hydrogen (secondary N) is 1. The molecule has 114 valence electrons. The lowest BCUT2D eigenvalue weighted by atomic mass is 9.97. The fourth-order valence-electron chi connectivity index (χ4n) is 3.02. The molecule has 0 amide bonds. The Hall–Kier alpha value is -0.580. The van der Waals surface area contributed by atoms with Crippen LogP contribution >= 0.6 is 11.6 Å². The van der Waals surface area contributed by atoms with Crippen molar-refractivity contribution in [1.82, 2.24) is 20.0 Å². The Morgan fingerprint density at radius 2 is 2.10 bits per heavy atom. The van der Waals surface area contributed by atoms with E-state index >= 15 is 0 Å². The van der Waals surface area contributed by atoms with Gasteiger partial charge in [-0.3, -0.25) is 9.58 Å². The van der Waals surface area contributed by atoms with Crippen LogP contribution in [0, 0.1) is 6.92 Å². The van der Waals surface area contributed by atoms with Crippen molar-refractivity contribution in [2.24, 2.45) is 0 Å². The molecule has 1 aliphatic rings. The summed E-state index contributed by atoms with van der Waals surface area (Å²) in [5.41, 5.74) is 2.25. The monoisotopic (exact) mass is 298 g/mol. The van der Waals surface area contributed by atoms with E-state index in [4.69, 9.17) is 11.6 Å². The number of rotatable bonds is 4. The minimum Gasteiger partial charge on any atom is -0.309 e. The van der Waals surface area contributed by atoms with Crippen molar-refractivity contribution in [2.75, 3.05) is 13.1 Å². The molecule has 0 aliphatic carbocycles. The number of halogens is 1. The number of nitrogens with zero attached hydrogens (tertiary/aromatic N) is 3. The Balaban J connectivity index is 2.22. The number of hydrogen-bond acceptors (Lipinski definition) is 3. The zero-order valence-electron chi connectivity index (χ0n) is 13.3. The van der Waals surface area contributed by atoms with Crippen molar-refractivity contribution in [1.29, 1.82) is 0 Å². The molecule has 2 heterocycles. The van der Waals surface area contributed by atoms with Gasteiger partial charge in [-0.25, -0.2) is 0 Å². The molecule has 0 aromatic carbocycles. The molecule has 0 saturated carbocycles. The van der Waals surface area contributed by atoms with Gasteiger partial charge in [0.05, 0.1) is 16.4 Å². The average molecular weight is 299 g/mol. The van der Waals surface area contributed by atoms with Gasteiger partial charge in [0.15, 0.2) is 0 Å². The number of aromatic nitrogens is 2. The molecule has 0 spiro atoms. The number of piperazine rings is 1. The van der Waals surface area contributed by atoms with Crippen LogP contribution in [0.15, 0.2) is 0 Å². The van der Waals surface area contributed by atoms with Crippen LogP contribution < -0.4 is 5.32 Å². The van der Waals surface area contributed by atoms with Crippen LogP contribution in [-0.2, 0) is 13.1 Å². The minimum absolute atomic E-state index is 0.157. The Bertz CT molecular complexity index is 467. The highest BCUT2D eigenvalue weighted by Gasteiger charge is 2.32. The first-order valence-corrected chi connectivity index (χ1v) is 7.96. The van der Waals surface area contributed by atoms with Gasteiger partial charge in [-0.2, -0.15) is 5.10 Å². The van der Waals surface area contributed by atoms with E-state index in [-0.39, 0.29) is 5.54 Å². The summed E-state index contributed by atoms with van der Waals surface area (Å²) in [7, 11) is 0. The predicted molar refractivity (Wildman–Crippen MR) is 84.2 cm³/mol. The Kier molecular flexibility index (Phi) is 4.77. The summed E-state index contributed by atoms with van der Waals surface area (Å²) in [4.78, 5) is 2.55. The van der Waals surface area contributed by atoms with Crippen molar-refractivity contribution >= 4 is 11.6 Å². The molecule has 1 aromatic heterocycles. The summed E-state index contributed by atoms with van der Waals surface area (Å²) >= 11 is 6.45. The zero-order chi connectivity index (χ0) is 14.9. The van der Waals surface area contributed by atoms with Crippen LogP contribution in [-0.4, -0.2) is 39.4 Å². The summed E-state index contributed by atoms with van der Waals surface area (Å²) in [6.07, 6.45) is 1.15. The van der Waals surface area contributed by atoms with Crippen molar-refractivity contribution < 1.29 is 0 Å². The van der Waals surface area contributed by atoms with Crippen LogP contribution in [0.25, 0.3) is 0 Å². The molecule has 0 radical (unpaired) electrons. The van der Waals surface area contributed by atoms with Gasteiger partial charge >= 0.3 is 0 Å². The summed E-state index contributed by atoms with van der Waals surface area (Å²) in [5.74, 6) is 0. The second kappa shape index (κ2) is 6.04. The molecule has 5 heteroatoms.